The minimum atomic E-state index is -0.252. The Morgan fingerprint density at radius 3 is 3.31 bits per heavy atom. The van der Waals surface area contributed by atoms with Gasteiger partial charge in [0.15, 0.2) is 0 Å². The number of aromatic nitrogens is 2. The number of rotatable bonds is 3. The number of ether oxygens (including phenoxy) is 1. The summed E-state index contributed by atoms with van der Waals surface area (Å²) in [4.78, 5) is 10.6. The van der Waals surface area contributed by atoms with Gasteiger partial charge in [-0.2, -0.15) is 5.10 Å². The van der Waals surface area contributed by atoms with Gasteiger partial charge in [-0.15, -0.1) is 0 Å². The fourth-order valence-corrected chi connectivity index (χ4v) is 2.12. The fraction of sp³-hybridized carbons (Fsp3) is 0.636. The van der Waals surface area contributed by atoms with Gasteiger partial charge in [-0.25, -0.2) is 0 Å². The Kier molecular flexibility index (Phi) is 3.24. The average Bonchev–Trinajstić information content (AvgIpc) is 2.63. The largest absolute Gasteiger partial charge is 0.464 e. The molecule has 0 amide bonds. The predicted molar refractivity (Wildman–Crippen MR) is 58.7 cm³/mol. The van der Waals surface area contributed by atoms with Gasteiger partial charge in [0.05, 0.1) is 12.7 Å². The predicted octanol–water partition coefficient (Wildman–Crippen LogP) is 0.782. The fourth-order valence-electron chi connectivity index (χ4n) is 2.12. The minimum Gasteiger partial charge on any atom is -0.464 e. The third-order valence-electron chi connectivity index (χ3n) is 2.92. The summed E-state index contributed by atoms with van der Waals surface area (Å²) in [5.41, 5.74) is 8.35. The Bertz CT molecular complexity index is 387. The lowest BCUT2D eigenvalue weighted by atomic mass is 9.94. The van der Waals surface area contributed by atoms with Gasteiger partial charge in [-0.1, -0.05) is 0 Å². The Morgan fingerprint density at radius 2 is 2.56 bits per heavy atom. The molecule has 0 saturated carbocycles. The third-order valence-corrected chi connectivity index (χ3v) is 2.92. The third kappa shape index (κ3) is 2.24. The molecule has 0 aromatic carbocycles. The molecular formula is C11H17N3O2. The van der Waals surface area contributed by atoms with Crippen molar-refractivity contribution in [3.05, 3.63) is 17.5 Å². The van der Waals surface area contributed by atoms with Gasteiger partial charge in [0.2, 0.25) is 0 Å². The molecule has 2 N–H and O–H groups in total. The van der Waals surface area contributed by atoms with E-state index in [1.165, 1.54) is 12.6 Å². The summed E-state index contributed by atoms with van der Waals surface area (Å²) < 4.78 is 6.80. The second-order valence-electron chi connectivity index (χ2n) is 4.11. The molecule has 2 rings (SSSR count). The van der Waals surface area contributed by atoms with Crippen LogP contribution in [0.5, 0.6) is 0 Å². The van der Waals surface area contributed by atoms with Crippen molar-refractivity contribution in [2.75, 3.05) is 6.61 Å². The lowest BCUT2D eigenvalue weighted by Crippen LogP contribution is -2.19. The Labute approximate surface area is 94.6 Å². The molecule has 88 valence electrons. The molecule has 1 aromatic heterocycles. The second-order valence-corrected chi connectivity index (χ2v) is 4.11. The summed E-state index contributed by atoms with van der Waals surface area (Å²) in [6.45, 7) is 2.40. The van der Waals surface area contributed by atoms with Crippen LogP contribution >= 0.6 is 0 Å². The Hall–Kier alpha value is -1.36. The second kappa shape index (κ2) is 4.65. The van der Waals surface area contributed by atoms with Crippen molar-refractivity contribution < 1.29 is 9.53 Å². The molecule has 1 aliphatic rings. The van der Waals surface area contributed by atoms with E-state index in [1.54, 1.807) is 0 Å². The Morgan fingerprint density at radius 1 is 1.75 bits per heavy atom. The van der Waals surface area contributed by atoms with Crippen LogP contribution in [0.4, 0.5) is 0 Å². The summed E-state index contributed by atoms with van der Waals surface area (Å²) in [5.74, 6) is -0.252. The minimum absolute atomic E-state index is 0.117. The van der Waals surface area contributed by atoms with E-state index in [1.807, 2.05) is 10.9 Å². The van der Waals surface area contributed by atoms with Gasteiger partial charge < -0.3 is 10.5 Å². The zero-order chi connectivity index (χ0) is 11.5. The number of nitrogens with zero attached hydrogens (tertiary/aromatic N) is 2. The van der Waals surface area contributed by atoms with Crippen molar-refractivity contribution in [3.63, 3.8) is 0 Å². The molecule has 0 aliphatic heterocycles. The lowest BCUT2D eigenvalue weighted by molar-refractivity contribution is -0.141. The first kappa shape index (κ1) is 11.1. The summed E-state index contributed by atoms with van der Waals surface area (Å²) in [7, 11) is 0. The van der Waals surface area contributed by atoms with Crippen molar-refractivity contribution in [2.24, 2.45) is 5.73 Å². The van der Waals surface area contributed by atoms with Crippen molar-refractivity contribution in [3.8, 4) is 0 Å². The zero-order valence-electron chi connectivity index (χ0n) is 9.48. The molecule has 0 radical (unpaired) electrons. The lowest BCUT2D eigenvalue weighted by Gasteiger charge is -2.19. The summed E-state index contributed by atoms with van der Waals surface area (Å²) in [6.07, 6.45) is 4.99. The van der Waals surface area contributed by atoms with Gasteiger partial charge in [0.25, 0.3) is 0 Å². The highest BCUT2D eigenvalue weighted by molar-refractivity contribution is 5.65. The first-order chi connectivity index (χ1) is 7.68. The van der Waals surface area contributed by atoms with Crippen LogP contribution < -0.4 is 5.73 Å². The van der Waals surface area contributed by atoms with Gasteiger partial charge >= 0.3 is 5.97 Å². The number of esters is 1. The molecule has 16 heavy (non-hydrogen) atoms. The van der Waals surface area contributed by atoms with Gasteiger partial charge in [-0.05, 0) is 19.3 Å². The van der Waals surface area contributed by atoms with Crippen LogP contribution in [0.25, 0.3) is 0 Å². The number of carbonyl (C=O) groups is 1. The molecule has 0 fully saturated rings. The van der Waals surface area contributed by atoms with Crippen molar-refractivity contribution >= 4 is 5.97 Å². The first-order valence-corrected chi connectivity index (χ1v) is 5.62. The average molecular weight is 223 g/mol. The van der Waals surface area contributed by atoms with Crippen LogP contribution in [0.3, 0.4) is 0 Å². The van der Waals surface area contributed by atoms with E-state index in [0.717, 1.165) is 24.8 Å². The highest BCUT2D eigenvalue weighted by atomic mass is 16.5. The van der Waals surface area contributed by atoms with E-state index < -0.39 is 0 Å². The highest BCUT2D eigenvalue weighted by Crippen LogP contribution is 2.27. The van der Waals surface area contributed by atoms with Gasteiger partial charge in [0, 0.05) is 24.2 Å². The molecular weight excluding hydrogens is 206 g/mol. The Balaban J connectivity index is 2.02. The number of hydrogen-bond acceptors (Lipinski definition) is 4. The number of carbonyl (C=O) groups excluding carboxylic acids is 1. The summed E-state index contributed by atoms with van der Waals surface area (Å²) in [5, 5.41) is 4.29. The van der Waals surface area contributed by atoms with Crippen LogP contribution in [0.1, 0.15) is 37.1 Å². The van der Waals surface area contributed by atoms with Crippen LogP contribution in [-0.2, 0) is 22.5 Å². The quantitative estimate of drug-likeness (QED) is 0.769. The van der Waals surface area contributed by atoms with Gasteiger partial charge in [0.1, 0.15) is 6.61 Å². The molecule has 5 heteroatoms. The molecule has 0 saturated heterocycles. The molecule has 0 unspecified atom stereocenters. The standard InChI is InChI=1S/C11H17N3O2/c1-8(15)16-6-5-14-11-4-2-3-10(12)9(11)7-13-14/h7,10H,2-6,12H2,1H3/t10-/m0/s1. The topological polar surface area (TPSA) is 70.1 Å². The summed E-state index contributed by atoms with van der Waals surface area (Å²) in [6, 6.07) is 0.117. The van der Waals surface area contributed by atoms with Crippen LogP contribution in [-0.4, -0.2) is 22.4 Å². The van der Waals surface area contributed by atoms with E-state index in [0.29, 0.717) is 13.2 Å². The van der Waals surface area contributed by atoms with E-state index in [-0.39, 0.29) is 12.0 Å². The summed E-state index contributed by atoms with van der Waals surface area (Å²) >= 11 is 0. The zero-order valence-corrected chi connectivity index (χ0v) is 9.48. The molecule has 5 nitrogen and oxygen atoms in total. The SMILES string of the molecule is CC(=O)OCCn1ncc2c1CCC[C@@H]2N. The maximum Gasteiger partial charge on any atom is 0.302 e. The molecule has 0 spiro atoms. The molecule has 1 aromatic rings. The van der Waals surface area contributed by atoms with E-state index in [2.05, 4.69) is 5.10 Å². The van der Waals surface area contributed by atoms with Crippen molar-refractivity contribution in [1.82, 2.24) is 9.78 Å². The number of fused-ring (bicyclic) bond motifs is 1. The number of hydrogen-bond donors (Lipinski definition) is 1. The van der Waals surface area contributed by atoms with E-state index in [9.17, 15) is 4.79 Å². The molecule has 0 bridgehead atoms. The van der Waals surface area contributed by atoms with Crippen molar-refractivity contribution in [2.45, 2.75) is 38.8 Å². The van der Waals surface area contributed by atoms with Crippen LogP contribution in [0, 0.1) is 0 Å². The van der Waals surface area contributed by atoms with Crippen LogP contribution in [0.2, 0.25) is 0 Å². The highest BCUT2D eigenvalue weighted by Gasteiger charge is 2.20. The van der Waals surface area contributed by atoms with Crippen LogP contribution in [0.15, 0.2) is 6.20 Å². The number of nitrogens with two attached hydrogens (primary N) is 1. The van der Waals surface area contributed by atoms with E-state index >= 15 is 0 Å². The van der Waals surface area contributed by atoms with E-state index in [4.69, 9.17) is 10.5 Å². The van der Waals surface area contributed by atoms with Crippen molar-refractivity contribution in [1.29, 1.82) is 0 Å². The normalized spacial score (nSPS) is 19.2. The first-order valence-electron chi connectivity index (χ1n) is 5.62. The maximum absolute atomic E-state index is 10.6. The molecule has 1 atom stereocenters. The smallest absolute Gasteiger partial charge is 0.302 e. The maximum atomic E-state index is 10.6. The molecule has 1 heterocycles. The van der Waals surface area contributed by atoms with Gasteiger partial charge in [-0.3, -0.25) is 9.48 Å². The molecule has 1 aliphatic carbocycles. The monoisotopic (exact) mass is 223 g/mol.